The Labute approximate surface area is 88.0 Å². The van der Waals surface area contributed by atoms with Gasteiger partial charge in [-0.15, -0.1) is 6.58 Å². The number of hydrogen-bond donors (Lipinski definition) is 1. The van der Waals surface area contributed by atoms with E-state index in [1.807, 2.05) is 6.08 Å². The molecule has 0 aromatic carbocycles. The maximum Gasteiger partial charge on any atom is 0.303 e. The molecule has 0 saturated heterocycles. The summed E-state index contributed by atoms with van der Waals surface area (Å²) in [5, 5.41) is 8.38. The second kappa shape index (κ2) is 12.2. The fraction of sp³-hybridized carbons (Fsp3) is 0.750. The van der Waals surface area contributed by atoms with E-state index in [4.69, 9.17) is 5.11 Å². The Bertz CT molecular complexity index is 141. The summed E-state index contributed by atoms with van der Waals surface area (Å²) in [4.78, 5) is 10.2. The molecule has 0 fully saturated rings. The third-order valence-electron chi connectivity index (χ3n) is 2.05. The summed E-state index contributed by atoms with van der Waals surface area (Å²) in [5.74, 6) is -0.674. The molecule has 0 aliphatic rings. The average molecular weight is 200 g/mol. The molecule has 84 valence electrons. The molecule has 0 saturated carbocycles. The highest BCUT2D eigenvalue weighted by Crippen LogP contribution is 2.08. The predicted octanol–water partition coefficient (Wildman–Crippen LogP) is 4.01. The van der Waals surface area contributed by atoms with E-state index in [0.29, 0.717) is 6.42 Å². The molecule has 0 spiro atoms. The fourth-order valence-corrected chi connectivity index (χ4v) is 1.27. The van der Waals surface area contributed by atoms with Gasteiger partial charge in [-0.05, 0) is 19.3 Å². The lowest BCUT2D eigenvalue weighted by atomic mass is 10.1. The van der Waals surface area contributed by atoms with Crippen LogP contribution in [0.15, 0.2) is 12.7 Å². The van der Waals surface area contributed by atoms with Gasteiger partial charge in [0.25, 0.3) is 0 Å². The monoisotopic (exact) mass is 200 g/mol. The fourth-order valence-electron chi connectivity index (χ4n) is 1.27. The molecule has 0 aliphatic heterocycles. The van der Waals surface area contributed by atoms with Crippen molar-refractivity contribution in [1.29, 1.82) is 0 Å². The molecule has 14 heavy (non-hydrogen) atoms. The first kappa shape index (κ1) is 15.7. The van der Waals surface area contributed by atoms with Gasteiger partial charge in [0.05, 0.1) is 0 Å². The Hall–Kier alpha value is -0.790. The third-order valence-corrected chi connectivity index (χ3v) is 2.05. The molecule has 1 N–H and O–H groups in total. The first-order chi connectivity index (χ1) is 6.27. The Morgan fingerprint density at radius 3 is 2.07 bits per heavy atom. The van der Waals surface area contributed by atoms with Gasteiger partial charge in [-0.2, -0.15) is 0 Å². The Balaban J connectivity index is 0. The van der Waals surface area contributed by atoms with Gasteiger partial charge in [0.15, 0.2) is 0 Å². The molecule has 0 radical (unpaired) electrons. The number of rotatable bonds is 9. The van der Waals surface area contributed by atoms with Crippen molar-refractivity contribution >= 4 is 5.97 Å². The molecule has 0 aromatic rings. The van der Waals surface area contributed by atoms with E-state index >= 15 is 0 Å². The number of hydrogen-bond acceptors (Lipinski definition) is 1. The van der Waals surface area contributed by atoms with Crippen molar-refractivity contribution in [3.8, 4) is 0 Å². The van der Waals surface area contributed by atoms with Crippen LogP contribution < -0.4 is 0 Å². The van der Waals surface area contributed by atoms with Crippen LogP contribution in [0, 0.1) is 0 Å². The summed E-state index contributed by atoms with van der Waals surface area (Å²) in [6.45, 7) is 3.66. The van der Waals surface area contributed by atoms with Gasteiger partial charge < -0.3 is 5.11 Å². The van der Waals surface area contributed by atoms with Crippen molar-refractivity contribution < 1.29 is 9.90 Å². The van der Waals surface area contributed by atoms with Gasteiger partial charge in [0.1, 0.15) is 0 Å². The van der Waals surface area contributed by atoms with E-state index in [-0.39, 0.29) is 7.43 Å². The molecule has 2 nitrogen and oxygen atoms in total. The number of aliphatic carboxylic acids is 1. The number of carbonyl (C=O) groups is 1. The van der Waals surface area contributed by atoms with Crippen molar-refractivity contribution in [3.05, 3.63) is 12.7 Å². The molecule has 0 amide bonds. The third kappa shape index (κ3) is 13.8. The van der Waals surface area contributed by atoms with Crippen molar-refractivity contribution in [2.24, 2.45) is 0 Å². The molecule has 0 aliphatic carbocycles. The predicted molar refractivity (Wildman–Crippen MR) is 61.5 cm³/mol. The lowest BCUT2D eigenvalue weighted by Gasteiger charge is -1.98. The van der Waals surface area contributed by atoms with E-state index in [1.165, 1.54) is 25.7 Å². The zero-order valence-corrected chi connectivity index (χ0v) is 8.30. The summed E-state index contributed by atoms with van der Waals surface area (Å²) < 4.78 is 0. The van der Waals surface area contributed by atoms with Gasteiger partial charge in [-0.1, -0.05) is 39.2 Å². The van der Waals surface area contributed by atoms with E-state index in [1.54, 1.807) is 0 Å². The van der Waals surface area contributed by atoms with Crippen molar-refractivity contribution in [2.45, 2.75) is 58.8 Å². The zero-order valence-electron chi connectivity index (χ0n) is 8.30. The average Bonchev–Trinajstić information content (AvgIpc) is 2.09. The molecule has 0 aromatic heterocycles. The minimum atomic E-state index is -0.674. The van der Waals surface area contributed by atoms with E-state index in [9.17, 15) is 4.79 Å². The topological polar surface area (TPSA) is 37.3 Å². The van der Waals surface area contributed by atoms with Crippen molar-refractivity contribution in [3.63, 3.8) is 0 Å². The number of carboxylic acid groups (broad SMARTS) is 1. The molecular weight excluding hydrogens is 176 g/mol. The smallest absolute Gasteiger partial charge is 0.303 e. The van der Waals surface area contributed by atoms with Crippen LogP contribution in [-0.2, 0) is 4.79 Å². The standard InChI is InChI=1S/C11H20O2.CH4/c1-2-3-4-5-6-7-8-9-10-11(12)13;/h2H,1,3-10H2,(H,12,13);1H4. The van der Waals surface area contributed by atoms with Crippen molar-refractivity contribution in [1.82, 2.24) is 0 Å². The maximum absolute atomic E-state index is 10.2. The van der Waals surface area contributed by atoms with Gasteiger partial charge in [0.2, 0.25) is 0 Å². The van der Waals surface area contributed by atoms with Crippen LogP contribution in [0.4, 0.5) is 0 Å². The second-order valence-electron chi connectivity index (χ2n) is 3.34. The van der Waals surface area contributed by atoms with Gasteiger partial charge in [0, 0.05) is 6.42 Å². The van der Waals surface area contributed by atoms with E-state index in [2.05, 4.69) is 6.58 Å². The van der Waals surface area contributed by atoms with Crippen LogP contribution in [0.3, 0.4) is 0 Å². The lowest BCUT2D eigenvalue weighted by Crippen LogP contribution is -1.93. The van der Waals surface area contributed by atoms with Gasteiger partial charge in [-0.25, -0.2) is 0 Å². The SMILES string of the molecule is C.C=CCCCCCCCCC(=O)O. The molecular formula is C12H24O2. The zero-order chi connectivity index (χ0) is 9.94. The summed E-state index contributed by atoms with van der Waals surface area (Å²) in [6, 6.07) is 0. The summed E-state index contributed by atoms with van der Waals surface area (Å²) in [7, 11) is 0. The molecule has 0 heterocycles. The minimum Gasteiger partial charge on any atom is -0.481 e. The lowest BCUT2D eigenvalue weighted by molar-refractivity contribution is -0.137. The van der Waals surface area contributed by atoms with Crippen LogP contribution in [0.1, 0.15) is 58.8 Å². The highest BCUT2D eigenvalue weighted by molar-refractivity contribution is 5.66. The minimum absolute atomic E-state index is 0. The van der Waals surface area contributed by atoms with Gasteiger partial charge >= 0.3 is 5.97 Å². The molecule has 0 rings (SSSR count). The van der Waals surface area contributed by atoms with E-state index in [0.717, 1.165) is 19.3 Å². The van der Waals surface area contributed by atoms with Crippen molar-refractivity contribution in [2.75, 3.05) is 0 Å². The van der Waals surface area contributed by atoms with Crippen LogP contribution in [0.5, 0.6) is 0 Å². The van der Waals surface area contributed by atoms with Crippen LogP contribution in [-0.4, -0.2) is 11.1 Å². The van der Waals surface area contributed by atoms with Crippen LogP contribution in [0.2, 0.25) is 0 Å². The Morgan fingerprint density at radius 2 is 1.57 bits per heavy atom. The van der Waals surface area contributed by atoms with Gasteiger partial charge in [-0.3, -0.25) is 4.79 Å². The largest absolute Gasteiger partial charge is 0.481 e. The first-order valence-electron chi connectivity index (χ1n) is 5.10. The highest BCUT2D eigenvalue weighted by Gasteiger charge is 1.95. The van der Waals surface area contributed by atoms with Crippen LogP contribution >= 0.6 is 0 Å². The quantitative estimate of drug-likeness (QED) is 0.451. The number of allylic oxidation sites excluding steroid dienone is 1. The summed E-state index contributed by atoms with van der Waals surface area (Å²) >= 11 is 0. The first-order valence-corrected chi connectivity index (χ1v) is 5.10. The van der Waals surface area contributed by atoms with E-state index < -0.39 is 5.97 Å². The van der Waals surface area contributed by atoms with Crippen LogP contribution in [0.25, 0.3) is 0 Å². The normalized spacial score (nSPS) is 9.14. The molecule has 0 bridgehead atoms. The Kier molecular flexibility index (Phi) is 13.7. The molecule has 2 heteroatoms. The second-order valence-corrected chi connectivity index (χ2v) is 3.34. The summed E-state index contributed by atoms with van der Waals surface area (Å²) in [5.41, 5.74) is 0. The Morgan fingerprint density at radius 1 is 1.07 bits per heavy atom. The maximum atomic E-state index is 10.2. The molecule has 0 unspecified atom stereocenters. The highest BCUT2D eigenvalue weighted by atomic mass is 16.4. The molecule has 0 atom stereocenters. The number of carboxylic acids is 1. The summed E-state index contributed by atoms with van der Waals surface area (Å²) in [6.07, 6.45) is 10.1. The number of unbranched alkanes of at least 4 members (excludes halogenated alkanes) is 6.